The normalized spacial score (nSPS) is 13.2. The van der Waals surface area contributed by atoms with E-state index in [-0.39, 0.29) is 0 Å². The molecule has 0 amide bonds. The molecule has 0 fully saturated rings. The fourth-order valence-corrected chi connectivity index (χ4v) is 21.5. The van der Waals surface area contributed by atoms with Crippen LogP contribution in [0.4, 0.5) is 0 Å². The Bertz CT molecular complexity index is 2410. The lowest BCUT2D eigenvalue weighted by atomic mass is 9.96. The van der Waals surface area contributed by atoms with Crippen LogP contribution in [0.5, 0.6) is 0 Å². The third-order valence-corrected chi connectivity index (χ3v) is 26.7. The molecule has 2 aliphatic rings. The molecular weight excluding hydrogens is 729 g/mol. The van der Waals surface area contributed by atoms with Gasteiger partial charge in [-0.2, -0.15) is 0 Å². The Morgan fingerprint density at radius 2 is 0.621 bits per heavy atom. The molecule has 0 atom stereocenters. The van der Waals surface area contributed by atoms with Gasteiger partial charge >= 0.3 is 0 Å². The number of hydrogen-bond acceptors (Lipinski definition) is 0. The Labute approximate surface area is 353 Å². The molecule has 0 nitrogen and oxygen atoms in total. The zero-order valence-corrected chi connectivity index (χ0v) is 39.7. The van der Waals surface area contributed by atoms with Gasteiger partial charge in [0.1, 0.15) is 16.1 Å². The lowest BCUT2D eigenvalue weighted by Gasteiger charge is -2.38. The molecule has 58 heavy (non-hydrogen) atoms. The summed E-state index contributed by atoms with van der Waals surface area (Å²) in [6.07, 6.45) is 0. The molecule has 0 aromatic heterocycles. The van der Waals surface area contributed by atoms with Crippen LogP contribution in [0.25, 0.3) is 55.7 Å². The van der Waals surface area contributed by atoms with Gasteiger partial charge in [-0.15, -0.1) is 11.1 Å². The topological polar surface area (TPSA) is 0 Å². The SMILES string of the molecule is Cc1ccc(-c2ccc3c(c2)C(C#C[Si](C(C)C)(C(C)C)C(C)C)=c2cc4c(cc2-3)=C(C#C[Si](C(C)C)(C(C)C)C(C)C)c2cc(-c3ccc(C)cc3)ccc2-4)cc1. The molecule has 5 aromatic carbocycles. The van der Waals surface area contributed by atoms with Crippen molar-refractivity contribution in [2.75, 3.05) is 0 Å². The number of aryl methyl sites for hydroxylation is 2. The average Bonchev–Trinajstić information content (AvgIpc) is 3.64. The van der Waals surface area contributed by atoms with Crippen molar-refractivity contribution in [1.82, 2.24) is 0 Å². The van der Waals surface area contributed by atoms with E-state index in [4.69, 9.17) is 0 Å². The van der Waals surface area contributed by atoms with Crippen LogP contribution in [0.15, 0.2) is 97.1 Å². The molecule has 0 spiro atoms. The Balaban J connectivity index is 1.57. The second-order valence-electron chi connectivity index (χ2n) is 19.2. The van der Waals surface area contributed by atoms with Gasteiger partial charge in [0.25, 0.3) is 0 Å². The molecule has 2 aliphatic carbocycles. The maximum Gasteiger partial charge on any atom is 0.146 e. The van der Waals surface area contributed by atoms with Crippen LogP contribution < -0.4 is 10.4 Å². The van der Waals surface area contributed by atoms with E-state index >= 15 is 0 Å². The van der Waals surface area contributed by atoms with E-state index in [1.165, 1.54) is 88.3 Å². The number of hydrogen-bond donors (Lipinski definition) is 0. The zero-order chi connectivity index (χ0) is 41.8. The first-order valence-corrected chi connectivity index (χ1v) is 26.4. The van der Waals surface area contributed by atoms with Crippen molar-refractivity contribution >= 4 is 27.3 Å². The first-order valence-electron chi connectivity index (χ1n) is 21.9. The third-order valence-electron chi connectivity index (χ3n) is 14.2. The molecule has 2 heteroatoms. The Hall–Kier alpha value is -4.61. The average molecular weight is 793 g/mol. The summed E-state index contributed by atoms with van der Waals surface area (Å²) in [6.45, 7) is 33.3. The summed E-state index contributed by atoms with van der Waals surface area (Å²) in [5.41, 5.74) is 29.2. The van der Waals surface area contributed by atoms with Crippen LogP contribution in [-0.2, 0) is 0 Å². The van der Waals surface area contributed by atoms with Crippen molar-refractivity contribution in [3.05, 3.63) is 130 Å². The summed E-state index contributed by atoms with van der Waals surface area (Å²) in [7, 11) is -4.02. The van der Waals surface area contributed by atoms with Crippen LogP contribution in [0.1, 0.15) is 105 Å². The largest absolute Gasteiger partial charge is 0.146 e. The summed E-state index contributed by atoms with van der Waals surface area (Å²) in [6, 6.07) is 37.0. The molecule has 0 saturated carbocycles. The first kappa shape index (κ1) is 41.5. The summed E-state index contributed by atoms with van der Waals surface area (Å²) in [5.74, 6) is 8.02. The fraction of sp³-hybridized carbons (Fsp3) is 0.357. The highest BCUT2D eigenvalue weighted by molar-refractivity contribution is 6.91. The Kier molecular flexibility index (Phi) is 11.4. The van der Waals surface area contributed by atoms with Gasteiger partial charge in [-0.05, 0) is 137 Å². The van der Waals surface area contributed by atoms with Crippen LogP contribution >= 0.6 is 0 Å². The molecule has 0 aliphatic heterocycles. The van der Waals surface area contributed by atoms with Gasteiger partial charge in [-0.1, -0.05) is 179 Å². The second-order valence-corrected chi connectivity index (χ2v) is 30.4. The van der Waals surface area contributed by atoms with Gasteiger partial charge in [-0.25, -0.2) is 0 Å². The fourth-order valence-electron chi connectivity index (χ4n) is 11.0. The number of fused-ring (bicyclic) bond motifs is 6. The van der Waals surface area contributed by atoms with Gasteiger partial charge in [-0.3, -0.25) is 0 Å². The first-order chi connectivity index (χ1) is 27.5. The van der Waals surface area contributed by atoms with Crippen molar-refractivity contribution < 1.29 is 0 Å². The van der Waals surface area contributed by atoms with E-state index in [0.717, 1.165) is 0 Å². The molecule has 0 bridgehead atoms. The smallest absolute Gasteiger partial charge is 0.125 e. The minimum atomic E-state index is -2.01. The Morgan fingerprint density at radius 1 is 0.328 bits per heavy atom. The maximum absolute atomic E-state index is 4.14. The summed E-state index contributed by atoms with van der Waals surface area (Å²) >= 11 is 0. The standard InChI is InChI=1S/C56H64Si2/c1-35(2)57(36(3)4,37(5)6)29-27-49-51-31-45(43-19-15-41(13)16-20-43)23-25-47(51)53-34-56-50(28-30-58(38(7)8,39(9)10)40(11)12)52-32-46(44-21-17-42(14)18-22-44)24-26-48(52)54(56)33-55(49)53/h15-26,31-40H,1-14H3. The van der Waals surface area contributed by atoms with E-state index < -0.39 is 16.1 Å². The number of rotatable bonds is 8. The van der Waals surface area contributed by atoms with Crippen molar-refractivity contribution in [3.63, 3.8) is 0 Å². The minimum absolute atomic E-state index is 0.559. The van der Waals surface area contributed by atoms with Gasteiger partial charge in [0.15, 0.2) is 0 Å². The molecule has 0 unspecified atom stereocenters. The van der Waals surface area contributed by atoms with Gasteiger partial charge < -0.3 is 0 Å². The van der Waals surface area contributed by atoms with E-state index in [1.54, 1.807) is 0 Å². The molecule has 5 aromatic rings. The van der Waals surface area contributed by atoms with Gasteiger partial charge in [0.05, 0.1) is 0 Å². The van der Waals surface area contributed by atoms with Crippen LogP contribution in [-0.4, -0.2) is 16.1 Å². The molecule has 7 rings (SSSR count). The summed E-state index contributed by atoms with van der Waals surface area (Å²) in [5, 5.41) is 2.53. The molecular formula is C56H64Si2. The van der Waals surface area contributed by atoms with Crippen molar-refractivity contribution in [2.45, 2.75) is 130 Å². The van der Waals surface area contributed by atoms with Crippen molar-refractivity contribution in [3.8, 4) is 67.4 Å². The predicted molar refractivity (Wildman–Crippen MR) is 260 cm³/mol. The van der Waals surface area contributed by atoms with Gasteiger partial charge in [0, 0.05) is 11.1 Å². The minimum Gasteiger partial charge on any atom is -0.125 e. The highest BCUT2D eigenvalue weighted by atomic mass is 28.3. The third kappa shape index (κ3) is 6.91. The molecule has 0 heterocycles. The monoisotopic (exact) mass is 792 g/mol. The maximum atomic E-state index is 4.14. The lowest BCUT2D eigenvalue weighted by molar-refractivity contribution is 0.838. The van der Waals surface area contributed by atoms with Crippen LogP contribution in [0, 0.1) is 36.8 Å². The quantitative estimate of drug-likeness (QED) is 0.108. The van der Waals surface area contributed by atoms with Crippen LogP contribution in [0.2, 0.25) is 33.2 Å². The molecule has 0 radical (unpaired) electrons. The second kappa shape index (κ2) is 15.9. The highest BCUT2D eigenvalue weighted by Crippen LogP contribution is 2.44. The van der Waals surface area contributed by atoms with Gasteiger partial charge in [0.2, 0.25) is 0 Å². The van der Waals surface area contributed by atoms with Crippen molar-refractivity contribution in [2.24, 2.45) is 0 Å². The number of benzene rings is 5. The molecule has 296 valence electrons. The molecule has 0 N–H and O–H groups in total. The lowest BCUT2D eigenvalue weighted by Crippen LogP contribution is -2.43. The van der Waals surface area contributed by atoms with Crippen molar-refractivity contribution in [1.29, 1.82) is 0 Å². The zero-order valence-electron chi connectivity index (χ0n) is 37.7. The van der Waals surface area contributed by atoms with E-state index in [0.29, 0.717) is 33.2 Å². The summed E-state index contributed by atoms with van der Waals surface area (Å²) in [4.78, 5) is 0. The Morgan fingerprint density at radius 3 is 0.914 bits per heavy atom. The summed E-state index contributed by atoms with van der Waals surface area (Å²) < 4.78 is 0. The predicted octanol–water partition coefficient (Wildman–Crippen LogP) is 14.4. The van der Waals surface area contributed by atoms with E-state index in [2.05, 4.69) is 217 Å². The van der Waals surface area contributed by atoms with E-state index in [1.807, 2.05) is 0 Å². The van der Waals surface area contributed by atoms with E-state index in [9.17, 15) is 0 Å². The van der Waals surface area contributed by atoms with Crippen LogP contribution in [0.3, 0.4) is 0 Å². The highest BCUT2D eigenvalue weighted by Gasteiger charge is 2.43. The molecule has 0 saturated heterocycles.